The third-order valence-corrected chi connectivity index (χ3v) is 6.34. The first-order valence-corrected chi connectivity index (χ1v) is 11.2. The van der Waals surface area contributed by atoms with Gasteiger partial charge in [0.25, 0.3) is 0 Å². The molecule has 1 fully saturated rings. The molecule has 1 aliphatic rings. The first-order valence-electron chi connectivity index (χ1n) is 11.2. The minimum atomic E-state index is -0.169. The molecule has 0 bridgehead atoms. The molecule has 8 nitrogen and oxygen atoms in total. The molecule has 170 valence electrons. The van der Waals surface area contributed by atoms with E-state index in [9.17, 15) is 9.59 Å². The first-order chi connectivity index (χ1) is 15.2. The Balaban J connectivity index is 1.21. The van der Waals surface area contributed by atoms with E-state index in [-0.39, 0.29) is 23.7 Å². The highest BCUT2D eigenvalue weighted by Crippen LogP contribution is 2.20. The van der Waals surface area contributed by atoms with E-state index < -0.39 is 0 Å². The zero-order valence-electron chi connectivity index (χ0n) is 19.5. The Morgan fingerprint density at radius 3 is 2.56 bits per heavy atom. The highest BCUT2D eigenvalue weighted by molar-refractivity contribution is 5.85. The van der Waals surface area contributed by atoms with Crippen molar-refractivity contribution in [2.45, 2.75) is 47.6 Å². The Morgan fingerprint density at radius 2 is 1.88 bits per heavy atom. The number of carbonyl (C=O) groups excluding carboxylic acids is 2. The van der Waals surface area contributed by atoms with Crippen LogP contribution in [0.3, 0.4) is 0 Å². The van der Waals surface area contributed by atoms with Gasteiger partial charge in [0.15, 0.2) is 0 Å². The smallest absolute Gasteiger partial charge is 0.227 e. The summed E-state index contributed by atoms with van der Waals surface area (Å²) in [7, 11) is 0. The summed E-state index contributed by atoms with van der Waals surface area (Å²) in [5.41, 5.74) is 6.44. The molecule has 8 heteroatoms. The van der Waals surface area contributed by atoms with Crippen LogP contribution in [0.4, 0.5) is 0 Å². The van der Waals surface area contributed by atoms with Crippen LogP contribution in [0.25, 0.3) is 11.0 Å². The van der Waals surface area contributed by atoms with Crippen molar-refractivity contribution in [3.63, 3.8) is 0 Å². The monoisotopic (exact) mass is 436 g/mol. The Kier molecular flexibility index (Phi) is 6.04. The first kappa shape index (κ1) is 22.0. The average Bonchev–Trinajstić information content (AvgIpc) is 3.22. The van der Waals surface area contributed by atoms with Crippen LogP contribution in [0.5, 0.6) is 0 Å². The molecular weight excluding hydrogens is 404 g/mol. The van der Waals surface area contributed by atoms with E-state index in [4.69, 9.17) is 0 Å². The maximum absolute atomic E-state index is 12.7. The minimum absolute atomic E-state index is 0.00282. The fraction of sp³-hybridized carbons (Fsp3) is 0.500. The average molecular weight is 437 g/mol. The molecule has 1 aliphatic heterocycles. The molecule has 1 unspecified atom stereocenters. The Labute approximate surface area is 188 Å². The van der Waals surface area contributed by atoms with Crippen LogP contribution >= 0.6 is 0 Å². The number of hydrogen-bond acceptors (Lipinski definition) is 4. The molecule has 2 amide bonds. The van der Waals surface area contributed by atoms with Crippen LogP contribution in [-0.4, -0.2) is 56.1 Å². The highest BCUT2D eigenvalue weighted by atomic mass is 16.2. The van der Waals surface area contributed by atoms with Gasteiger partial charge in [-0.1, -0.05) is 6.92 Å². The summed E-state index contributed by atoms with van der Waals surface area (Å²) in [6.07, 6.45) is 0.646. The number of likely N-dealkylation sites (tertiary alicyclic amines) is 1. The summed E-state index contributed by atoms with van der Waals surface area (Å²) in [5, 5.41) is 7.42. The van der Waals surface area contributed by atoms with Gasteiger partial charge in [0.1, 0.15) is 5.82 Å². The molecule has 0 saturated carbocycles. The van der Waals surface area contributed by atoms with Crippen molar-refractivity contribution in [3.05, 3.63) is 46.5 Å². The van der Waals surface area contributed by atoms with Crippen LogP contribution in [0.15, 0.2) is 18.2 Å². The second-order valence-electron chi connectivity index (χ2n) is 9.13. The fourth-order valence-electron chi connectivity index (χ4n) is 4.22. The third kappa shape index (κ3) is 4.54. The highest BCUT2D eigenvalue weighted by Gasteiger charge is 2.37. The Bertz CT molecular complexity index is 1120. The summed E-state index contributed by atoms with van der Waals surface area (Å²) in [6, 6.07) is 6.20. The lowest BCUT2D eigenvalue weighted by Gasteiger charge is -2.39. The summed E-state index contributed by atoms with van der Waals surface area (Å²) in [4.78, 5) is 34.9. The summed E-state index contributed by atoms with van der Waals surface area (Å²) in [6.45, 7) is 12.1. The van der Waals surface area contributed by atoms with Crippen LogP contribution < -0.4 is 5.32 Å². The number of aromatic nitrogens is 4. The Hall–Kier alpha value is -3.16. The molecule has 0 radical (unpaired) electrons. The van der Waals surface area contributed by atoms with Crippen molar-refractivity contribution in [1.29, 1.82) is 0 Å². The number of aromatic amines is 1. The molecule has 2 N–H and O–H groups in total. The van der Waals surface area contributed by atoms with E-state index in [1.54, 1.807) is 4.90 Å². The second-order valence-corrected chi connectivity index (χ2v) is 9.13. The molecular formula is C24H32N6O2. The summed E-state index contributed by atoms with van der Waals surface area (Å²) >= 11 is 0. The van der Waals surface area contributed by atoms with Gasteiger partial charge in [-0.05, 0) is 57.0 Å². The number of carbonyl (C=O) groups is 2. The molecule has 0 spiro atoms. The molecule has 1 atom stereocenters. The lowest BCUT2D eigenvalue weighted by molar-refractivity contribution is -0.146. The van der Waals surface area contributed by atoms with Crippen LogP contribution in [0.1, 0.15) is 35.3 Å². The van der Waals surface area contributed by atoms with Crippen molar-refractivity contribution in [3.8, 4) is 0 Å². The summed E-state index contributed by atoms with van der Waals surface area (Å²) in [5.74, 6) is 0.643. The minimum Gasteiger partial charge on any atom is -0.355 e. The normalized spacial score (nSPS) is 15.1. The number of rotatable bonds is 7. The number of imidazole rings is 1. The topological polar surface area (TPSA) is 95.9 Å². The lowest BCUT2D eigenvalue weighted by atomic mass is 9.96. The molecule has 32 heavy (non-hydrogen) atoms. The van der Waals surface area contributed by atoms with E-state index in [0.29, 0.717) is 32.6 Å². The van der Waals surface area contributed by atoms with Crippen LogP contribution in [0, 0.1) is 39.5 Å². The largest absolute Gasteiger partial charge is 0.355 e. The Morgan fingerprint density at radius 1 is 1.16 bits per heavy atom. The van der Waals surface area contributed by atoms with Crippen LogP contribution in [0.2, 0.25) is 0 Å². The number of aryl methyl sites for hydroxylation is 4. The van der Waals surface area contributed by atoms with Crippen molar-refractivity contribution in [2.75, 3.05) is 19.6 Å². The van der Waals surface area contributed by atoms with E-state index in [1.165, 1.54) is 11.1 Å². The number of H-pyrrole nitrogens is 1. The van der Waals surface area contributed by atoms with Gasteiger partial charge in [0.2, 0.25) is 11.8 Å². The van der Waals surface area contributed by atoms with Gasteiger partial charge >= 0.3 is 0 Å². The molecule has 0 aliphatic carbocycles. The predicted molar refractivity (Wildman–Crippen MR) is 123 cm³/mol. The van der Waals surface area contributed by atoms with Gasteiger partial charge < -0.3 is 15.2 Å². The van der Waals surface area contributed by atoms with Crippen molar-refractivity contribution >= 4 is 22.8 Å². The summed E-state index contributed by atoms with van der Waals surface area (Å²) < 4.78 is 1.88. The number of nitrogens with zero attached hydrogens (tertiary/aromatic N) is 4. The number of nitrogens with one attached hydrogen (secondary N) is 2. The zero-order valence-corrected chi connectivity index (χ0v) is 19.5. The zero-order chi connectivity index (χ0) is 23.0. The van der Waals surface area contributed by atoms with Crippen molar-refractivity contribution < 1.29 is 9.59 Å². The van der Waals surface area contributed by atoms with Gasteiger partial charge in [-0.2, -0.15) is 5.10 Å². The standard InChI is InChI=1S/C24H32N6O2/c1-14-8-20-21(9-15(14)2)27-22(26-20)6-7-25-23(31)19-12-29(13-19)24(32)16(3)11-30-18(5)10-17(4)28-30/h8-10,16,19H,6-7,11-13H2,1-5H3,(H,25,31)(H,26,27). The number of hydrogen-bond donors (Lipinski definition) is 2. The van der Waals surface area contributed by atoms with E-state index in [2.05, 4.69) is 46.4 Å². The lowest BCUT2D eigenvalue weighted by Crippen LogP contribution is -2.57. The van der Waals surface area contributed by atoms with E-state index in [1.807, 2.05) is 31.5 Å². The molecule has 3 heterocycles. The van der Waals surface area contributed by atoms with E-state index >= 15 is 0 Å². The van der Waals surface area contributed by atoms with E-state index in [0.717, 1.165) is 28.2 Å². The van der Waals surface area contributed by atoms with Gasteiger partial charge in [0, 0.05) is 31.7 Å². The SMILES string of the molecule is Cc1cc(C)n(CC(C)C(=O)N2CC(C(=O)NCCc3nc4cc(C)c(C)cc4[nH]3)C2)n1. The molecule has 3 aromatic rings. The quantitative estimate of drug-likeness (QED) is 0.595. The van der Waals surface area contributed by atoms with Crippen molar-refractivity contribution in [1.82, 2.24) is 30.0 Å². The third-order valence-electron chi connectivity index (χ3n) is 6.34. The number of benzene rings is 1. The predicted octanol–water partition coefficient (Wildman–Crippen LogP) is 2.45. The van der Waals surface area contributed by atoms with Gasteiger partial charge in [-0.15, -0.1) is 0 Å². The van der Waals surface area contributed by atoms with Gasteiger partial charge in [0.05, 0.1) is 35.1 Å². The maximum Gasteiger partial charge on any atom is 0.227 e. The molecule has 1 saturated heterocycles. The van der Waals surface area contributed by atoms with Crippen LogP contribution in [-0.2, 0) is 22.6 Å². The van der Waals surface area contributed by atoms with Gasteiger partial charge in [-0.3, -0.25) is 14.3 Å². The second kappa shape index (κ2) is 8.76. The molecule has 1 aromatic carbocycles. The van der Waals surface area contributed by atoms with Crippen molar-refractivity contribution in [2.24, 2.45) is 11.8 Å². The molecule has 2 aromatic heterocycles. The molecule has 4 rings (SSSR count). The fourth-order valence-corrected chi connectivity index (χ4v) is 4.22. The number of amides is 2. The van der Waals surface area contributed by atoms with Gasteiger partial charge in [-0.25, -0.2) is 4.98 Å². The number of fused-ring (bicyclic) bond motifs is 1. The maximum atomic E-state index is 12.7.